The number of carbonyl (C=O) groups is 1. The van der Waals surface area contributed by atoms with E-state index in [9.17, 15) is 41.4 Å². The van der Waals surface area contributed by atoms with Crippen molar-refractivity contribution in [2.45, 2.75) is 76.3 Å². The zero-order valence-corrected chi connectivity index (χ0v) is 27.5. The minimum atomic E-state index is -4.97. The van der Waals surface area contributed by atoms with Crippen molar-refractivity contribution in [2.24, 2.45) is 11.8 Å². The molecule has 2 N–H and O–H groups in total. The largest absolute Gasteiger partial charge is 0.481 e. The van der Waals surface area contributed by atoms with Gasteiger partial charge in [0.1, 0.15) is 5.02 Å². The van der Waals surface area contributed by atoms with Crippen LogP contribution in [0.3, 0.4) is 0 Å². The number of allylic oxidation sites excluding steroid dienone is 3. The number of aromatic nitrogens is 4. The molecular weight excluding hydrogens is 680 g/mol. The van der Waals surface area contributed by atoms with E-state index in [1.807, 2.05) is 16.7 Å². The SMILES string of the molecule is CCC1CC(N(CC2C=C(C(F)(F)F)C=C(C(F)(F)F)C2)c2ncc(CCCO)cn2)CN1c1nc(N2CCC(C(=O)O)CC2)ncc1Cl. The van der Waals surface area contributed by atoms with E-state index in [4.69, 9.17) is 16.6 Å². The van der Waals surface area contributed by atoms with Gasteiger partial charge in [-0.25, -0.2) is 15.0 Å². The second-order valence-electron chi connectivity index (χ2n) is 12.7. The molecule has 5 rings (SSSR count). The van der Waals surface area contributed by atoms with Gasteiger partial charge in [0.25, 0.3) is 0 Å². The summed E-state index contributed by atoms with van der Waals surface area (Å²) in [5, 5.41) is 18.8. The van der Waals surface area contributed by atoms with Crippen molar-refractivity contribution < 1.29 is 41.4 Å². The highest BCUT2D eigenvalue weighted by molar-refractivity contribution is 6.32. The maximum Gasteiger partial charge on any atom is 0.416 e. The summed E-state index contributed by atoms with van der Waals surface area (Å²) in [5.41, 5.74) is -1.87. The first-order chi connectivity index (χ1) is 23.2. The number of aliphatic carboxylic acids is 1. The van der Waals surface area contributed by atoms with Gasteiger partial charge in [0, 0.05) is 56.8 Å². The van der Waals surface area contributed by atoms with Gasteiger partial charge in [-0.2, -0.15) is 31.3 Å². The number of aryl methyl sites for hydroxylation is 1. The van der Waals surface area contributed by atoms with Crippen LogP contribution in [0.15, 0.2) is 41.9 Å². The third-order valence-electron chi connectivity index (χ3n) is 9.34. The Morgan fingerprint density at radius 2 is 1.76 bits per heavy atom. The number of aliphatic hydroxyl groups is 1. The van der Waals surface area contributed by atoms with Crippen molar-refractivity contribution >= 4 is 35.3 Å². The molecule has 3 atom stereocenters. The third-order valence-corrected chi connectivity index (χ3v) is 9.60. The average molecular weight is 718 g/mol. The van der Waals surface area contributed by atoms with E-state index in [-0.39, 0.29) is 42.8 Å². The Morgan fingerprint density at radius 1 is 1.06 bits per heavy atom. The van der Waals surface area contributed by atoms with Gasteiger partial charge in [-0.15, -0.1) is 0 Å². The van der Waals surface area contributed by atoms with E-state index in [1.54, 1.807) is 17.3 Å². The summed E-state index contributed by atoms with van der Waals surface area (Å²) in [5.74, 6) is -1.45. The summed E-state index contributed by atoms with van der Waals surface area (Å²) in [6, 6.07) is -0.579. The second kappa shape index (κ2) is 15.1. The van der Waals surface area contributed by atoms with Crippen LogP contribution in [-0.4, -0.2) is 93.3 Å². The van der Waals surface area contributed by atoms with Crippen LogP contribution in [0.1, 0.15) is 51.0 Å². The van der Waals surface area contributed by atoms with E-state index in [0.717, 1.165) is 11.6 Å². The number of alkyl halides is 6. The van der Waals surface area contributed by atoms with Gasteiger partial charge >= 0.3 is 18.3 Å². The van der Waals surface area contributed by atoms with Gasteiger partial charge in [-0.05, 0) is 62.5 Å². The Morgan fingerprint density at radius 3 is 2.35 bits per heavy atom. The minimum absolute atomic E-state index is 0.0390. The molecule has 0 bridgehead atoms. The lowest BCUT2D eigenvalue weighted by molar-refractivity contribution is -0.142. The molecule has 2 aliphatic heterocycles. The van der Waals surface area contributed by atoms with Crippen LogP contribution in [0.4, 0.5) is 44.1 Å². The Labute approximate surface area is 284 Å². The zero-order valence-electron chi connectivity index (χ0n) is 26.8. The molecule has 0 amide bonds. The quantitative estimate of drug-likeness (QED) is 0.268. The van der Waals surface area contributed by atoms with Crippen molar-refractivity contribution in [1.29, 1.82) is 0 Å². The fourth-order valence-corrected chi connectivity index (χ4v) is 6.93. The fourth-order valence-electron chi connectivity index (χ4n) is 6.73. The van der Waals surface area contributed by atoms with E-state index in [2.05, 4.69) is 15.0 Å². The smallest absolute Gasteiger partial charge is 0.416 e. The summed E-state index contributed by atoms with van der Waals surface area (Å²) in [7, 11) is 0. The van der Waals surface area contributed by atoms with Crippen molar-refractivity contribution in [3.63, 3.8) is 0 Å². The number of piperidine rings is 1. The summed E-state index contributed by atoms with van der Waals surface area (Å²) in [6.07, 6.45) is -1.99. The van der Waals surface area contributed by atoms with Gasteiger partial charge in [0.05, 0.1) is 23.7 Å². The summed E-state index contributed by atoms with van der Waals surface area (Å²) in [4.78, 5) is 35.1. The topological polar surface area (TPSA) is 119 Å². The number of anilines is 3. The standard InChI is InChI=1S/C32H38ClF6N7O3/c1-2-24-13-25(18-45(24)27-26(33)16-42-30(43-27)44-7-5-21(6-8-44)28(48)49)46(29-40-14-19(15-41-29)4-3-9-47)17-20-10-22(31(34,35)36)12-23(11-20)32(37,38)39/h10,12,14-16,20-21,24-25,47H,2-9,11,13,17-18H2,1H3,(H,48,49). The minimum Gasteiger partial charge on any atom is -0.481 e. The lowest BCUT2D eigenvalue weighted by Gasteiger charge is -2.34. The monoisotopic (exact) mass is 717 g/mol. The van der Waals surface area contributed by atoms with Crippen LogP contribution in [0.5, 0.6) is 0 Å². The highest BCUT2D eigenvalue weighted by atomic mass is 35.5. The highest BCUT2D eigenvalue weighted by Gasteiger charge is 2.44. The number of hydrogen-bond donors (Lipinski definition) is 2. The summed E-state index contributed by atoms with van der Waals surface area (Å²) >= 11 is 6.63. The maximum absolute atomic E-state index is 13.8. The molecule has 17 heteroatoms. The van der Waals surface area contributed by atoms with Crippen molar-refractivity contribution in [3.05, 3.63) is 52.5 Å². The molecule has 0 spiro atoms. The van der Waals surface area contributed by atoms with Crippen LogP contribution in [0.2, 0.25) is 5.02 Å². The summed E-state index contributed by atoms with van der Waals surface area (Å²) < 4.78 is 82.7. The first-order valence-electron chi connectivity index (χ1n) is 16.2. The van der Waals surface area contributed by atoms with E-state index in [0.29, 0.717) is 63.4 Å². The Kier molecular flexibility index (Phi) is 11.3. The predicted octanol–water partition coefficient (Wildman–Crippen LogP) is 6.01. The Hall–Kier alpha value is -3.66. The Bertz CT molecular complexity index is 1530. The lowest BCUT2D eigenvalue weighted by atomic mass is 9.88. The number of hydrogen-bond acceptors (Lipinski definition) is 9. The molecule has 1 aliphatic carbocycles. The normalized spacial score (nSPS) is 22.3. The number of rotatable bonds is 11. The molecule has 4 heterocycles. The highest BCUT2D eigenvalue weighted by Crippen LogP contribution is 2.41. The fraction of sp³-hybridized carbons (Fsp3) is 0.594. The Balaban J connectivity index is 1.45. The van der Waals surface area contributed by atoms with Crippen molar-refractivity contribution in [1.82, 2.24) is 19.9 Å². The molecule has 0 saturated carbocycles. The van der Waals surface area contributed by atoms with Gasteiger partial charge < -0.3 is 24.9 Å². The molecule has 268 valence electrons. The van der Waals surface area contributed by atoms with E-state index in [1.165, 1.54) is 6.20 Å². The second-order valence-corrected chi connectivity index (χ2v) is 13.1. The number of carboxylic acids is 1. The number of nitrogens with zero attached hydrogens (tertiary/aromatic N) is 7. The van der Waals surface area contributed by atoms with Gasteiger partial charge in [-0.3, -0.25) is 4.79 Å². The molecule has 2 aromatic heterocycles. The van der Waals surface area contributed by atoms with E-state index >= 15 is 0 Å². The first-order valence-corrected chi connectivity index (χ1v) is 16.6. The number of aliphatic hydroxyl groups excluding tert-OH is 1. The predicted molar refractivity (Wildman–Crippen MR) is 171 cm³/mol. The van der Waals surface area contributed by atoms with Crippen molar-refractivity contribution in [3.8, 4) is 0 Å². The molecular formula is C32H38ClF6N7O3. The molecule has 0 radical (unpaired) electrons. The molecule has 10 nitrogen and oxygen atoms in total. The molecule has 0 aromatic carbocycles. The molecule has 2 aromatic rings. The lowest BCUT2D eigenvalue weighted by Crippen LogP contribution is -2.42. The molecule has 2 fully saturated rings. The molecule has 3 aliphatic rings. The van der Waals surface area contributed by atoms with Crippen LogP contribution < -0.4 is 14.7 Å². The number of halogens is 7. The third kappa shape index (κ3) is 8.74. The van der Waals surface area contributed by atoms with E-state index < -0.39 is 53.8 Å². The van der Waals surface area contributed by atoms with Gasteiger partial charge in [-0.1, -0.05) is 24.6 Å². The average Bonchev–Trinajstić information content (AvgIpc) is 3.50. The maximum atomic E-state index is 13.8. The van der Waals surface area contributed by atoms with Crippen LogP contribution in [-0.2, 0) is 11.2 Å². The number of carboxylic acid groups (broad SMARTS) is 1. The van der Waals surface area contributed by atoms with Crippen molar-refractivity contribution in [2.75, 3.05) is 47.5 Å². The van der Waals surface area contributed by atoms with Gasteiger partial charge in [0.2, 0.25) is 11.9 Å². The summed E-state index contributed by atoms with van der Waals surface area (Å²) in [6.45, 7) is 2.88. The molecule has 49 heavy (non-hydrogen) atoms. The van der Waals surface area contributed by atoms with Gasteiger partial charge in [0.15, 0.2) is 5.82 Å². The molecule has 3 unspecified atom stereocenters. The zero-order chi connectivity index (χ0) is 35.5. The first kappa shape index (κ1) is 36.6. The van der Waals surface area contributed by atoms with Crippen LogP contribution >= 0.6 is 11.6 Å². The van der Waals surface area contributed by atoms with Crippen LogP contribution in [0.25, 0.3) is 0 Å². The molecule has 2 saturated heterocycles. The van der Waals surface area contributed by atoms with Crippen LogP contribution in [0, 0.1) is 11.8 Å².